The molecule has 2 unspecified atom stereocenters. The fourth-order valence-corrected chi connectivity index (χ4v) is 5.77. The minimum atomic E-state index is -1.26. The second-order valence-electron chi connectivity index (χ2n) is 9.22. The van der Waals surface area contributed by atoms with Crippen LogP contribution >= 0.6 is 0 Å². The maximum Gasteiger partial charge on any atom is 0.255 e. The molecule has 182 valence electrons. The smallest absolute Gasteiger partial charge is 0.255 e. The van der Waals surface area contributed by atoms with Crippen LogP contribution in [-0.2, 0) is 35.1 Å². The summed E-state index contributed by atoms with van der Waals surface area (Å²) in [4.78, 5) is 31.9. The van der Waals surface area contributed by atoms with Gasteiger partial charge in [-0.05, 0) is 33.9 Å². The predicted molar refractivity (Wildman–Crippen MR) is 142 cm³/mol. The zero-order chi connectivity index (χ0) is 25.2. The van der Waals surface area contributed by atoms with E-state index in [2.05, 4.69) is 0 Å². The van der Waals surface area contributed by atoms with Gasteiger partial charge in [0.2, 0.25) is 5.91 Å². The Hall–Kier alpha value is -3.77. The van der Waals surface area contributed by atoms with Crippen molar-refractivity contribution in [2.45, 2.75) is 30.4 Å². The lowest BCUT2D eigenvalue weighted by molar-refractivity contribution is -0.135. The highest BCUT2D eigenvalue weighted by atomic mass is 32.2. The van der Waals surface area contributed by atoms with Crippen LogP contribution in [0.25, 0.3) is 11.1 Å². The third kappa shape index (κ3) is 4.56. The third-order valence-corrected chi connectivity index (χ3v) is 7.80. The highest BCUT2D eigenvalue weighted by Gasteiger charge is 2.38. The first kappa shape index (κ1) is 23.9. The Morgan fingerprint density at radius 1 is 0.889 bits per heavy atom. The lowest BCUT2D eigenvalue weighted by atomic mass is 9.92. The number of benzene rings is 2. The molecular formula is C30H28N2O3S. The number of hydrogen-bond donors (Lipinski definition) is 0. The van der Waals surface area contributed by atoms with Crippen LogP contribution in [0.5, 0.6) is 0 Å². The fourth-order valence-electron chi connectivity index (χ4n) is 5.00. The maximum absolute atomic E-state index is 14.1. The van der Waals surface area contributed by atoms with Crippen molar-refractivity contribution in [3.8, 4) is 11.1 Å². The van der Waals surface area contributed by atoms with Gasteiger partial charge in [0, 0.05) is 43.3 Å². The summed E-state index contributed by atoms with van der Waals surface area (Å²) in [5.74, 6) is -0.314. The molecule has 0 radical (unpaired) electrons. The van der Waals surface area contributed by atoms with Gasteiger partial charge in [0.15, 0.2) is 0 Å². The van der Waals surface area contributed by atoms with Gasteiger partial charge in [-0.3, -0.25) is 13.8 Å². The Kier molecular flexibility index (Phi) is 6.70. The first-order chi connectivity index (χ1) is 17.4. The van der Waals surface area contributed by atoms with E-state index < -0.39 is 16.8 Å². The highest BCUT2D eigenvalue weighted by Crippen LogP contribution is 2.36. The number of rotatable bonds is 5. The Bertz CT molecular complexity index is 1420. The number of hydrogen-bond acceptors (Lipinski definition) is 3. The van der Waals surface area contributed by atoms with Gasteiger partial charge < -0.3 is 9.80 Å². The van der Waals surface area contributed by atoms with E-state index in [-0.39, 0.29) is 11.8 Å². The summed E-state index contributed by atoms with van der Waals surface area (Å²) in [5, 5.41) is 0. The molecule has 2 aliphatic carbocycles. The highest BCUT2D eigenvalue weighted by molar-refractivity contribution is 7.84. The lowest BCUT2D eigenvalue weighted by Crippen LogP contribution is -2.52. The zero-order valence-electron chi connectivity index (χ0n) is 20.4. The summed E-state index contributed by atoms with van der Waals surface area (Å²) in [5.41, 5.74) is 5.19. The molecule has 6 heteroatoms. The monoisotopic (exact) mass is 496 g/mol. The van der Waals surface area contributed by atoms with Gasteiger partial charge in [-0.2, -0.15) is 0 Å². The van der Waals surface area contributed by atoms with E-state index in [1.54, 1.807) is 29.2 Å². The second kappa shape index (κ2) is 10.1. The standard InChI is InChI=1S/C30H28N2O3S/c1-31(19-21-11-5-3-6-12-21)30(34)27-17-22-13-9-10-14-23(22)20-32(27)29(33)26-18-28(36(2)35)25-16-8-4-7-15-24(25)26/h3-16,18,27H,17,19-20H2,1-2H3. The molecule has 1 aliphatic heterocycles. The van der Waals surface area contributed by atoms with E-state index in [4.69, 9.17) is 0 Å². The average Bonchev–Trinajstić information content (AvgIpc) is 3.09. The lowest BCUT2D eigenvalue weighted by Gasteiger charge is -2.38. The number of fused-ring (bicyclic) bond motifs is 2. The van der Waals surface area contributed by atoms with E-state index in [1.807, 2.05) is 84.9 Å². The number of carbonyl (C=O) groups excluding carboxylic acids is 2. The van der Waals surface area contributed by atoms with Crippen LogP contribution in [-0.4, -0.2) is 45.2 Å². The molecule has 0 saturated carbocycles. The van der Waals surface area contributed by atoms with Crippen LogP contribution in [0, 0.1) is 0 Å². The van der Waals surface area contributed by atoms with Gasteiger partial charge in [-0.15, -0.1) is 0 Å². The molecule has 2 aromatic rings. The van der Waals surface area contributed by atoms with E-state index >= 15 is 0 Å². The van der Waals surface area contributed by atoms with E-state index in [0.29, 0.717) is 30.0 Å². The molecule has 0 fully saturated rings. The Morgan fingerprint density at radius 2 is 1.50 bits per heavy atom. The van der Waals surface area contributed by atoms with Crippen molar-refractivity contribution >= 4 is 22.6 Å². The largest absolute Gasteiger partial charge is 0.340 e. The topological polar surface area (TPSA) is 57.7 Å². The van der Waals surface area contributed by atoms with Crippen molar-refractivity contribution in [3.63, 3.8) is 0 Å². The van der Waals surface area contributed by atoms with Crippen LogP contribution in [0.3, 0.4) is 0 Å². The molecule has 0 aromatic heterocycles. The molecule has 5 rings (SSSR count). The molecule has 1 heterocycles. The summed E-state index contributed by atoms with van der Waals surface area (Å²) in [7, 11) is 0.531. The predicted octanol–water partition coefficient (Wildman–Crippen LogP) is 4.75. The zero-order valence-corrected chi connectivity index (χ0v) is 21.2. The van der Waals surface area contributed by atoms with Gasteiger partial charge >= 0.3 is 0 Å². The summed E-state index contributed by atoms with van der Waals surface area (Å²) in [6, 6.07) is 28.4. The molecule has 2 aromatic carbocycles. The fraction of sp³-hybridized carbons (Fsp3) is 0.200. The van der Waals surface area contributed by atoms with Crippen molar-refractivity contribution in [1.29, 1.82) is 0 Å². The molecule has 36 heavy (non-hydrogen) atoms. The molecule has 2 atom stereocenters. The summed E-state index contributed by atoms with van der Waals surface area (Å²) < 4.78 is 12.5. The maximum atomic E-state index is 14.1. The van der Waals surface area contributed by atoms with E-state index in [1.165, 1.54) is 0 Å². The Morgan fingerprint density at radius 3 is 2.19 bits per heavy atom. The first-order valence-corrected chi connectivity index (χ1v) is 13.5. The number of nitrogens with zero attached hydrogens (tertiary/aromatic N) is 2. The minimum Gasteiger partial charge on any atom is -0.340 e. The molecular weight excluding hydrogens is 468 g/mol. The summed E-state index contributed by atoms with van der Waals surface area (Å²) in [6.45, 7) is 0.814. The molecule has 0 N–H and O–H groups in total. The summed E-state index contributed by atoms with van der Waals surface area (Å²) in [6.07, 6.45) is 2.08. The van der Waals surface area contributed by atoms with Crippen molar-refractivity contribution < 1.29 is 13.8 Å². The Balaban J connectivity index is 1.53. The normalized spacial score (nSPS) is 15.8. The molecule has 2 amide bonds. The van der Waals surface area contributed by atoms with E-state index in [9.17, 15) is 13.8 Å². The Labute approximate surface area is 214 Å². The number of amides is 2. The minimum absolute atomic E-state index is 0.0950. The van der Waals surface area contributed by atoms with E-state index in [0.717, 1.165) is 27.8 Å². The third-order valence-electron chi connectivity index (χ3n) is 6.84. The van der Waals surface area contributed by atoms with Gasteiger partial charge in [0.25, 0.3) is 5.91 Å². The number of carbonyl (C=O) groups is 2. The van der Waals surface area contributed by atoms with Gasteiger partial charge in [-0.1, -0.05) is 84.9 Å². The van der Waals surface area contributed by atoms with Gasteiger partial charge in [0.1, 0.15) is 6.04 Å². The van der Waals surface area contributed by atoms with Crippen molar-refractivity contribution in [1.82, 2.24) is 9.80 Å². The number of likely N-dealkylation sites (N-methyl/N-ethyl adjacent to an activating group) is 1. The molecule has 0 saturated heterocycles. The van der Waals surface area contributed by atoms with Crippen LogP contribution in [0.2, 0.25) is 0 Å². The molecule has 5 nitrogen and oxygen atoms in total. The quantitative estimate of drug-likeness (QED) is 0.401. The van der Waals surface area contributed by atoms with Gasteiger partial charge in [0.05, 0.1) is 10.8 Å². The van der Waals surface area contributed by atoms with Crippen molar-refractivity contribution in [2.24, 2.45) is 0 Å². The summed E-state index contributed by atoms with van der Waals surface area (Å²) >= 11 is 0. The van der Waals surface area contributed by atoms with Crippen LogP contribution < -0.4 is 0 Å². The van der Waals surface area contributed by atoms with Crippen LogP contribution in [0.1, 0.15) is 27.0 Å². The molecule has 0 bridgehead atoms. The molecule has 0 spiro atoms. The van der Waals surface area contributed by atoms with Crippen molar-refractivity contribution in [2.75, 3.05) is 13.3 Å². The van der Waals surface area contributed by atoms with Crippen LogP contribution in [0.4, 0.5) is 0 Å². The van der Waals surface area contributed by atoms with Crippen molar-refractivity contribution in [3.05, 3.63) is 113 Å². The first-order valence-electron chi connectivity index (χ1n) is 12.0. The SMILES string of the molecule is CN(Cc1ccccc1)C(=O)C1Cc2ccccc2CN1C(=O)c1cc(S(C)=O)c2cccccc1-2. The van der Waals surface area contributed by atoms with Crippen LogP contribution in [0.15, 0.2) is 95.9 Å². The van der Waals surface area contributed by atoms with Gasteiger partial charge in [-0.25, -0.2) is 0 Å². The second-order valence-corrected chi connectivity index (χ2v) is 10.6. The molecule has 3 aliphatic rings. The average molecular weight is 497 g/mol.